The van der Waals surface area contributed by atoms with E-state index in [1.165, 1.54) is 12.1 Å². The number of hydrogen-bond donors (Lipinski definition) is 1. The van der Waals surface area contributed by atoms with Gasteiger partial charge in [-0.1, -0.05) is 30.7 Å². The minimum Gasteiger partial charge on any atom is -0.369 e. The predicted octanol–water partition coefficient (Wildman–Crippen LogP) is 5.23. The third-order valence-electron chi connectivity index (χ3n) is 5.52. The molecule has 0 radical (unpaired) electrons. The van der Waals surface area contributed by atoms with Gasteiger partial charge >= 0.3 is 0 Å². The Morgan fingerprint density at radius 3 is 2.77 bits per heavy atom. The summed E-state index contributed by atoms with van der Waals surface area (Å²) < 4.78 is 13.7. The Morgan fingerprint density at radius 2 is 2.17 bits per heavy atom. The lowest BCUT2D eigenvalue weighted by atomic mass is 9.91. The van der Waals surface area contributed by atoms with Crippen LogP contribution in [0.5, 0.6) is 0 Å². The van der Waals surface area contributed by atoms with Gasteiger partial charge in [-0.05, 0) is 57.9 Å². The van der Waals surface area contributed by atoms with E-state index in [2.05, 4.69) is 43.5 Å². The van der Waals surface area contributed by atoms with Crippen LogP contribution >= 0.6 is 0 Å². The maximum atomic E-state index is 13.7. The Hall–Kier alpha value is -2.64. The first kappa shape index (κ1) is 23.6. The average molecular weight is 408 g/mol. The van der Waals surface area contributed by atoms with Crippen LogP contribution in [0.3, 0.4) is 0 Å². The molecule has 0 aromatic heterocycles. The molecular formula is C26H34FN3. The summed E-state index contributed by atoms with van der Waals surface area (Å²) in [5.41, 5.74) is 5.43. The quantitative estimate of drug-likeness (QED) is 0.381. The third kappa shape index (κ3) is 5.70. The highest BCUT2D eigenvalue weighted by Gasteiger charge is 2.26. The second kappa shape index (κ2) is 10.9. The fraction of sp³-hybridized carbons (Fsp3) is 0.423. The number of terminal acetylenes is 1. The molecule has 4 heteroatoms. The smallest absolute Gasteiger partial charge is 0.123 e. The van der Waals surface area contributed by atoms with Crippen LogP contribution in [0.25, 0.3) is 5.57 Å². The van der Waals surface area contributed by atoms with Gasteiger partial charge in [-0.25, -0.2) is 4.39 Å². The molecule has 1 aromatic carbocycles. The lowest BCUT2D eigenvalue weighted by molar-refractivity contribution is 0.190. The molecule has 0 bridgehead atoms. The van der Waals surface area contributed by atoms with E-state index in [1.54, 1.807) is 6.07 Å². The van der Waals surface area contributed by atoms with Crippen LogP contribution in [-0.4, -0.2) is 42.3 Å². The van der Waals surface area contributed by atoms with Gasteiger partial charge in [-0.15, -0.1) is 6.42 Å². The minimum absolute atomic E-state index is 0.268. The van der Waals surface area contributed by atoms with E-state index in [9.17, 15) is 4.39 Å². The summed E-state index contributed by atoms with van der Waals surface area (Å²) in [6.07, 6.45) is 8.38. The Labute approximate surface area is 181 Å². The molecule has 0 spiro atoms. The molecule has 0 aliphatic carbocycles. The van der Waals surface area contributed by atoms with Gasteiger partial charge in [0, 0.05) is 60.7 Å². The van der Waals surface area contributed by atoms with Crippen LogP contribution < -0.4 is 5.32 Å². The van der Waals surface area contributed by atoms with E-state index in [-0.39, 0.29) is 5.82 Å². The highest BCUT2D eigenvalue weighted by Crippen LogP contribution is 2.28. The largest absolute Gasteiger partial charge is 0.369 e. The van der Waals surface area contributed by atoms with Gasteiger partial charge in [0.25, 0.3) is 0 Å². The molecule has 1 aliphatic heterocycles. The second-order valence-electron chi connectivity index (χ2n) is 7.83. The zero-order valence-corrected chi connectivity index (χ0v) is 18.9. The number of nitrogens with zero attached hydrogens (tertiary/aromatic N) is 2. The van der Waals surface area contributed by atoms with E-state index in [0.717, 1.165) is 46.8 Å². The predicted molar refractivity (Wildman–Crippen MR) is 127 cm³/mol. The Morgan fingerprint density at radius 1 is 1.43 bits per heavy atom. The number of halogens is 1. The van der Waals surface area contributed by atoms with E-state index in [0.29, 0.717) is 25.0 Å². The van der Waals surface area contributed by atoms with Crippen molar-refractivity contribution < 1.29 is 4.39 Å². The van der Waals surface area contributed by atoms with Crippen LogP contribution in [0.1, 0.15) is 46.6 Å². The van der Waals surface area contributed by atoms with Crippen molar-refractivity contribution in [2.45, 2.75) is 53.1 Å². The van der Waals surface area contributed by atoms with Crippen molar-refractivity contribution in [3.8, 4) is 12.3 Å². The fourth-order valence-electron chi connectivity index (χ4n) is 3.92. The minimum atomic E-state index is -0.268. The Kier molecular flexibility index (Phi) is 8.62. The standard InChI is InChI=1S/C26H34FN3/c1-8-22(9-2)26(21(7)30-17-19(5)29-16-20(30)6)25(28-10-3)14-18(4)23-12-11-13-24(27)15-23/h1,9,11-13,15,19-20,29H,4,10,14,16-17H2,2-3,5-7H3/b22-9-,26-21+,28-25?/t19-,20+/m1/s1. The number of allylic oxidation sites excluding steroid dienone is 5. The molecule has 30 heavy (non-hydrogen) atoms. The van der Waals surface area contributed by atoms with Crippen molar-refractivity contribution in [2.75, 3.05) is 19.6 Å². The number of aliphatic imine (C=N–C) groups is 1. The normalized spacial score (nSPS) is 21.2. The molecule has 160 valence electrons. The molecule has 2 atom stereocenters. The van der Waals surface area contributed by atoms with Crippen molar-refractivity contribution in [1.29, 1.82) is 0 Å². The lowest BCUT2D eigenvalue weighted by Crippen LogP contribution is -2.53. The summed E-state index contributed by atoms with van der Waals surface area (Å²) in [5, 5.41) is 3.53. The molecule has 1 saturated heterocycles. The zero-order valence-electron chi connectivity index (χ0n) is 18.9. The fourth-order valence-corrected chi connectivity index (χ4v) is 3.92. The summed E-state index contributed by atoms with van der Waals surface area (Å²) in [5.74, 6) is 2.58. The molecule has 1 aliphatic rings. The number of hydrogen-bond acceptors (Lipinski definition) is 3. The summed E-state index contributed by atoms with van der Waals surface area (Å²) in [4.78, 5) is 7.22. The molecule has 0 saturated carbocycles. The molecule has 1 heterocycles. The molecular weight excluding hydrogens is 373 g/mol. The number of rotatable bonds is 7. The van der Waals surface area contributed by atoms with Crippen LogP contribution in [0.4, 0.5) is 4.39 Å². The Bertz CT molecular complexity index is 901. The van der Waals surface area contributed by atoms with E-state index in [4.69, 9.17) is 11.4 Å². The molecule has 1 fully saturated rings. The summed E-state index contributed by atoms with van der Waals surface area (Å²) >= 11 is 0. The molecule has 1 aromatic rings. The van der Waals surface area contributed by atoms with Gasteiger partial charge in [-0.3, -0.25) is 4.99 Å². The summed E-state index contributed by atoms with van der Waals surface area (Å²) in [6.45, 7) is 17.2. The van der Waals surface area contributed by atoms with Crippen LogP contribution in [0.2, 0.25) is 0 Å². The molecule has 1 N–H and O–H groups in total. The SMILES string of the molecule is C#CC(=C/C)/C(C(CC(=C)c1cccc(F)c1)=NCC)=C(/C)N1C[C@@H](C)NC[C@@H]1C. The van der Waals surface area contributed by atoms with Gasteiger partial charge in [0.2, 0.25) is 0 Å². The van der Waals surface area contributed by atoms with Gasteiger partial charge in [0.05, 0.1) is 0 Å². The maximum Gasteiger partial charge on any atom is 0.123 e. The Balaban J connectivity index is 2.52. The van der Waals surface area contributed by atoms with E-state index < -0.39 is 0 Å². The van der Waals surface area contributed by atoms with Crippen LogP contribution in [0, 0.1) is 18.2 Å². The first-order valence-electron chi connectivity index (χ1n) is 10.6. The number of nitrogens with one attached hydrogen (secondary N) is 1. The van der Waals surface area contributed by atoms with Gasteiger partial charge in [-0.2, -0.15) is 0 Å². The maximum absolute atomic E-state index is 13.7. The summed E-state index contributed by atoms with van der Waals surface area (Å²) in [7, 11) is 0. The first-order chi connectivity index (χ1) is 14.3. The molecule has 0 amide bonds. The lowest BCUT2D eigenvalue weighted by Gasteiger charge is -2.41. The highest BCUT2D eigenvalue weighted by molar-refractivity contribution is 6.09. The van der Waals surface area contributed by atoms with Gasteiger partial charge < -0.3 is 10.2 Å². The summed E-state index contributed by atoms with van der Waals surface area (Å²) in [6, 6.07) is 7.28. The second-order valence-corrected chi connectivity index (χ2v) is 7.83. The molecule has 3 nitrogen and oxygen atoms in total. The zero-order chi connectivity index (χ0) is 22.3. The van der Waals surface area contributed by atoms with E-state index in [1.807, 2.05) is 26.0 Å². The van der Waals surface area contributed by atoms with Gasteiger partial charge in [0.15, 0.2) is 0 Å². The monoisotopic (exact) mass is 407 g/mol. The van der Waals surface area contributed by atoms with Crippen molar-refractivity contribution >= 4 is 11.3 Å². The van der Waals surface area contributed by atoms with Crippen molar-refractivity contribution in [3.63, 3.8) is 0 Å². The highest BCUT2D eigenvalue weighted by atomic mass is 19.1. The van der Waals surface area contributed by atoms with Crippen molar-refractivity contribution in [3.05, 3.63) is 65.1 Å². The van der Waals surface area contributed by atoms with E-state index >= 15 is 0 Å². The topological polar surface area (TPSA) is 27.6 Å². The third-order valence-corrected chi connectivity index (χ3v) is 5.52. The van der Waals surface area contributed by atoms with Crippen LogP contribution in [-0.2, 0) is 0 Å². The first-order valence-corrected chi connectivity index (χ1v) is 10.6. The van der Waals surface area contributed by atoms with Crippen molar-refractivity contribution in [2.24, 2.45) is 4.99 Å². The molecule has 2 rings (SSSR count). The van der Waals surface area contributed by atoms with Crippen molar-refractivity contribution in [1.82, 2.24) is 10.2 Å². The average Bonchev–Trinajstić information content (AvgIpc) is 2.73. The number of piperazine rings is 1. The molecule has 0 unspecified atom stereocenters. The van der Waals surface area contributed by atoms with Gasteiger partial charge in [0.1, 0.15) is 5.82 Å². The number of benzene rings is 1. The van der Waals surface area contributed by atoms with Crippen LogP contribution in [0.15, 0.2) is 58.8 Å².